The Kier molecular flexibility index (Phi) is 6.17. The number of nitrogens with zero attached hydrogens (tertiary/aromatic N) is 1. The number of carbonyl (C=O) groups is 1. The topological polar surface area (TPSA) is 38.8 Å². The number of ether oxygens (including phenoxy) is 2. The van der Waals surface area contributed by atoms with Gasteiger partial charge in [0.15, 0.2) is 0 Å². The van der Waals surface area contributed by atoms with E-state index in [0.29, 0.717) is 12.5 Å². The Morgan fingerprint density at radius 1 is 1.06 bits per heavy atom. The lowest BCUT2D eigenvalue weighted by Crippen LogP contribution is -2.62. The van der Waals surface area contributed by atoms with Crippen LogP contribution in [0.15, 0.2) is 66.7 Å². The molecule has 3 atom stereocenters. The molecule has 1 aliphatic heterocycles. The van der Waals surface area contributed by atoms with E-state index in [1.54, 1.807) is 7.11 Å². The quantitative estimate of drug-likeness (QED) is 0.373. The monoisotopic (exact) mass is 501 g/mol. The predicted octanol–water partition coefficient (Wildman–Crippen LogP) is 7.41. The van der Waals surface area contributed by atoms with Gasteiger partial charge in [-0.05, 0) is 78.1 Å². The summed E-state index contributed by atoms with van der Waals surface area (Å²) in [7, 11) is 1.76. The predicted molar refractivity (Wildman–Crippen MR) is 143 cm³/mol. The van der Waals surface area contributed by atoms with Crippen molar-refractivity contribution in [2.24, 2.45) is 5.92 Å². The number of piperidine rings is 1. The van der Waals surface area contributed by atoms with Crippen LogP contribution in [0.3, 0.4) is 0 Å². The molecule has 1 saturated heterocycles. The van der Waals surface area contributed by atoms with Crippen molar-refractivity contribution < 1.29 is 14.3 Å². The highest BCUT2D eigenvalue weighted by atomic mass is 35.5. The Morgan fingerprint density at radius 2 is 1.86 bits per heavy atom. The van der Waals surface area contributed by atoms with Crippen LogP contribution < -0.4 is 4.74 Å². The van der Waals surface area contributed by atoms with Crippen LogP contribution in [0.25, 0.3) is 11.1 Å². The maximum absolute atomic E-state index is 13.3. The minimum atomic E-state index is -0.182. The van der Waals surface area contributed by atoms with Gasteiger partial charge in [0, 0.05) is 28.6 Å². The molecule has 1 amide bonds. The standard InChI is InChI=1S/C31H32ClNO3/c1-35-29-19-27-23(17-25(29)22-10-12-24(32)13-11-22)18-28-26-9-5-6-14-31(26,27)15-16-33(28)30(34)36-20-21-7-3-2-4-8-21/h2-4,7-8,10-13,17,19,26,28H,5-6,9,14-16,18,20H2,1H3/t26-,28+,31+/m0/s1. The smallest absolute Gasteiger partial charge is 0.410 e. The van der Waals surface area contributed by atoms with Gasteiger partial charge in [0.25, 0.3) is 0 Å². The number of amides is 1. The molecule has 3 aromatic rings. The van der Waals surface area contributed by atoms with Crippen LogP contribution in [0.5, 0.6) is 5.75 Å². The zero-order chi connectivity index (χ0) is 24.7. The third-order valence-electron chi connectivity index (χ3n) is 8.75. The van der Waals surface area contributed by atoms with Gasteiger partial charge >= 0.3 is 6.09 Å². The summed E-state index contributed by atoms with van der Waals surface area (Å²) in [4.78, 5) is 15.4. The van der Waals surface area contributed by atoms with Crippen molar-refractivity contribution in [3.05, 3.63) is 88.4 Å². The molecule has 3 aliphatic rings. The van der Waals surface area contributed by atoms with Crippen molar-refractivity contribution in [2.75, 3.05) is 13.7 Å². The molecule has 0 aromatic heterocycles. The third kappa shape index (κ3) is 3.96. The van der Waals surface area contributed by atoms with Gasteiger partial charge in [0.1, 0.15) is 12.4 Å². The molecule has 6 rings (SSSR count). The maximum Gasteiger partial charge on any atom is 0.410 e. The van der Waals surface area contributed by atoms with E-state index < -0.39 is 0 Å². The molecule has 186 valence electrons. The van der Waals surface area contributed by atoms with Crippen LogP contribution in [0, 0.1) is 5.92 Å². The summed E-state index contributed by atoms with van der Waals surface area (Å²) in [6, 6.07) is 22.6. The number of benzene rings is 3. The molecule has 0 radical (unpaired) electrons. The van der Waals surface area contributed by atoms with Crippen molar-refractivity contribution in [3.8, 4) is 16.9 Å². The first kappa shape index (κ1) is 23.4. The molecule has 5 heteroatoms. The highest BCUT2D eigenvalue weighted by Crippen LogP contribution is 2.57. The van der Waals surface area contributed by atoms with E-state index in [2.05, 4.69) is 12.1 Å². The summed E-state index contributed by atoms with van der Waals surface area (Å²) in [6.45, 7) is 1.06. The number of methoxy groups -OCH3 is 1. The van der Waals surface area contributed by atoms with E-state index in [1.165, 1.54) is 30.4 Å². The van der Waals surface area contributed by atoms with Crippen LogP contribution in [0.1, 0.15) is 48.8 Å². The van der Waals surface area contributed by atoms with Gasteiger partial charge in [-0.2, -0.15) is 0 Å². The number of rotatable bonds is 4. The largest absolute Gasteiger partial charge is 0.496 e. The zero-order valence-corrected chi connectivity index (χ0v) is 21.5. The molecule has 2 aliphatic carbocycles. The normalized spacial score (nSPS) is 24.4. The van der Waals surface area contributed by atoms with Crippen molar-refractivity contribution in [3.63, 3.8) is 0 Å². The van der Waals surface area contributed by atoms with Crippen molar-refractivity contribution in [1.29, 1.82) is 0 Å². The lowest BCUT2D eigenvalue weighted by molar-refractivity contribution is -0.0137. The minimum Gasteiger partial charge on any atom is -0.496 e. The molecule has 0 N–H and O–H groups in total. The average molecular weight is 502 g/mol. The van der Waals surface area contributed by atoms with Gasteiger partial charge in [-0.15, -0.1) is 0 Å². The minimum absolute atomic E-state index is 0.110. The van der Waals surface area contributed by atoms with E-state index in [9.17, 15) is 4.79 Å². The van der Waals surface area contributed by atoms with Crippen LogP contribution >= 0.6 is 11.6 Å². The Balaban J connectivity index is 1.36. The van der Waals surface area contributed by atoms with Gasteiger partial charge in [-0.3, -0.25) is 0 Å². The number of hydrogen-bond acceptors (Lipinski definition) is 3. The van der Waals surface area contributed by atoms with Crippen molar-refractivity contribution in [1.82, 2.24) is 4.90 Å². The van der Waals surface area contributed by atoms with Gasteiger partial charge in [0.2, 0.25) is 0 Å². The highest BCUT2D eigenvalue weighted by molar-refractivity contribution is 6.30. The lowest BCUT2D eigenvalue weighted by Gasteiger charge is -2.58. The van der Waals surface area contributed by atoms with E-state index in [1.807, 2.05) is 59.5 Å². The number of carbonyl (C=O) groups excluding carboxylic acids is 1. The summed E-state index contributed by atoms with van der Waals surface area (Å²) in [6.07, 6.45) is 6.45. The molecular formula is C31H32ClNO3. The lowest BCUT2D eigenvalue weighted by atomic mass is 9.52. The molecule has 36 heavy (non-hydrogen) atoms. The number of likely N-dealkylation sites (tertiary alicyclic amines) is 1. The second kappa shape index (κ2) is 9.48. The molecule has 3 aromatic carbocycles. The van der Waals surface area contributed by atoms with E-state index in [0.717, 1.165) is 53.3 Å². The average Bonchev–Trinajstić information content (AvgIpc) is 2.92. The second-order valence-electron chi connectivity index (χ2n) is 10.5. The molecule has 1 saturated carbocycles. The summed E-state index contributed by atoms with van der Waals surface area (Å²) in [5.41, 5.74) is 6.07. The van der Waals surface area contributed by atoms with Crippen LogP contribution in [0.4, 0.5) is 4.79 Å². The first-order chi connectivity index (χ1) is 17.6. The van der Waals surface area contributed by atoms with Crippen molar-refractivity contribution >= 4 is 17.7 Å². The van der Waals surface area contributed by atoms with Gasteiger partial charge in [-0.25, -0.2) is 4.79 Å². The maximum atomic E-state index is 13.3. The van der Waals surface area contributed by atoms with Gasteiger partial charge in [0.05, 0.1) is 7.11 Å². The fourth-order valence-corrected chi connectivity index (χ4v) is 7.22. The fraction of sp³-hybridized carbons (Fsp3) is 0.387. The van der Waals surface area contributed by atoms with E-state index >= 15 is 0 Å². The summed E-state index contributed by atoms with van der Waals surface area (Å²) >= 11 is 6.16. The summed E-state index contributed by atoms with van der Waals surface area (Å²) < 4.78 is 11.7. The molecule has 1 heterocycles. The Morgan fingerprint density at radius 3 is 2.64 bits per heavy atom. The molecule has 0 unspecified atom stereocenters. The third-order valence-corrected chi connectivity index (χ3v) is 9.00. The molecule has 0 spiro atoms. The molecular weight excluding hydrogens is 470 g/mol. The SMILES string of the molecule is COc1cc2c(cc1-c1ccc(Cl)cc1)C[C@@H]1[C@@H]3CCCC[C@]23CCN1C(=O)OCc1ccccc1. The zero-order valence-electron chi connectivity index (χ0n) is 20.7. The molecule has 2 bridgehead atoms. The Bertz CT molecular complexity index is 1260. The number of hydrogen-bond donors (Lipinski definition) is 0. The van der Waals surface area contributed by atoms with Gasteiger partial charge in [-0.1, -0.05) is 66.9 Å². The Labute approximate surface area is 218 Å². The second-order valence-corrected chi connectivity index (χ2v) is 10.9. The van der Waals surface area contributed by atoms with Gasteiger partial charge < -0.3 is 14.4 Å². The van der Waals surface area contributed by atoms with E-state index in [-0.39, 0.29) is 17.6 Å². The summed E-state index contributed by atoms with van der Waals surface area (Å²) in [5, 5.41) is 0.721. The molecule has 2 fully saturated rings. The van der Waals surface area contributed by atoms with Crippen LogP contribution in [0.2, 0.25) is 5.02 Å². The van der Waals surface area contributed by atoms with Crippen LogP contribution in [-0.2, 0) is 23.2 Å². The summed E-state index contributed by atoms with van der Waals surface area (Å²) in [5.74, 6) is 1.38. The van der Waals surface area contributed by atoms with E-state index in [4.69, 9.17) is 21.1 Å². The first-order valence-corrected chi connectivity index (χ1v) is 13.4. The number of halogens is 1. The number of fused-ring (bicyclic) bond motifs is 1. The fourth-order valence-electron chi connectivity index (χ4n) is 7.10. The van der Waals surface area contributed by atoms with Crippen molar-refractivity contribution in [2.45, 2.75) is 56.6 Å². The molecule has 4 nitrogen and oxygen atoms in total. The Hall–Kier alpha value is -2.98. The first-order valence-electron chi connectivity index (χ1n) is 13.0. The highest BCUT2D eigenvalue weighted by Gasteiger charge is 2.55. The van der Waals surface area contributed by atoms with Crippen LogP contribution in [-0.4, -0.2) is 30.7 Å².